The third-order valence-electron chi connectivity index (χ3n) is 4.19. The standard InChI is InChI=1S/C15H13N7/c16-13-12-10(5-17-14(12)19-7-18-13)11-3-4-22-15(21-11)9(6-20-22)8-1-2-8/h3-8H,1-2H2,(H3,16,17,18,19). The first-order valence-corrected chi connectivity index (χ1v) is 7.23. The van der Waals surface area contributed by atoms with Gasteiger partial charge in [-0.15, -0.1) is 0 Å². The summed E-state index contributed by atoms with van der Waals surface area (Å²) >= 11 is 0. The number of nitrogens with two attached hydrogens (primary N) is 1. The van der Waals surface area contributed by atoms with E-state index in [4.69, 9.17) is 10.7 Å². The smallest absolute Gasteiger partial charge is 0.159 e. The maximum Gasteiger partial charge on any atom is 0.159 e. The zero-order valence-corrected chi connectivity index (χ0v) is 11.7. The van der Waals surface area contributed by atoms with E-state index in [0.29, 0.717) is 11.7 Å². The molecule has 7 heteroatoms. The van der Waals surface area contributed by atoms with Crippen LogP contribution in [0.2, 0.25) is 0 Å². The van der Waals surface area contributed by atoms with Crippen molar-refractivity contribution < 1.29 is 0 Å². The van der Waals surface area contributed by atoms with Gasteiger partial charge >= 0.3 is 0 Å². The van der Waals surface area contributed by atoms with Crippen LogP contribution in [0.25, 0.3) is 27.9 Å². The Kier molecular flexibility index (Phi) is 2.14. The van der Waals surface area contributed by atoms with Crippen molar-refractivity contribution in [3.63, 3.8) is 0 Å². The first kappa shape index (κ1) is 11.7. The Hall–Kier alpha value is -2.96. The van der Waals surface area contributed by atoms with E-state index in [1.807, 2.05) is 29.2 Å². The van der Waals surface area contributed by atoms with Gasteiger partial charge in [0.25, 0.3) is 0 Å². The summed E-state index contributed by atoms with van der Waals surface area (Å²) in [5, 5.41) is 5.19. The Balaban J connectivity index is 1.76. The molecule has 5 rings (SSSR count). The summed E-state index contributed by atoms with van der Waals surface area (Å²) in [5.41, 5.74) is 10.6. The van der Waals surface area contributed by atoms with Crippen LogP contribution >= 0.6 is 0 Å². The quantitative estimate of drug-likeness (QED) is 0.589. The lowest BCUT2D eigenvalue weighted by Gasteiger charge is -2.02. The molecule has 7 nitrogen and oxygen atoms in total. The molecule has 4 heterocycles. The van der Waals surface area contributed by atoms with Crippen LogP contribution in [0, 0.1) is 0 Å². The number of rotatable bonds is 2. The number of nitrogens with zero attached hydrogens (tertiary/aromatic N) is 5. The fourth-order valence-electron chi connectivity index (χ4n) is 2.91. The lowest BCUT2D eigenvalue weighted by molar-refractivity contribution is 0.941. The molecule has 1 aliphatic carbocycles. The van der Waals surface area contributed by atoms with E-state index in [2.05, 4.69) is 20.1 Å². The first-order chi connectivity index (χ1) is 10.8. The summed E-state index contributed by atoms with van der Waals surface area (Å²) in [6, 6.07) is 1.94. The molecule has 3 N–H and O–H groups in total. The second-order valence-electron chi connectivity index (χ2n) is 5.64. The summed E-state index contributed by atoms with van der Waals surface area (Å²) in [5.74, 6) is 1.07. The maximum absolute atomic E-state index is 6.00. The predicted molar refractivity (Wildman–Crippen MR) is 82.3 cm³/mol. The average molecular weight is 291 g/mol. The van der Waals surface area contributed by atoms with Crippen molar-refractivity contribution in [2.75, 3.05) is 5.73 Å². The number of H-pyrrole nitrogens is 1. The molecule has 0 unspecified atom stereocenters. The second kappa shape index (κ2) is 4.03. The fourth-order valence-corrected chi connectivity index (χ4v) is 2.91. The summed E-state index contributed by atoms with van der Waals surface area (Å²) in [4.78, 5) is 16.2. The molecule has 0 bridgehead atoms. The molecule has 4 aromatic rings. The number of anilines is 1. The Labute approximate surface area is 125 Å². The number of nitrogens with one attached hydrogen (secondary N) is 1. The van der Waals surface area contributed by atoms with E-state index >= 15 is 0 Å². The predicted octanol–water partition coefficient (Wildman–Crippen LogP) is 2.13. The minimum Gasteiger partial charge on any atom is -0.383 e. The molecule has 108 valence electrons. The van der Waals surface area contributed by atoms with Gasteiger partial charge in [0.15, 0.2) is 5.65 Å². The molecule has 0 aromatic carbocycles. The molecular formula is C15H13N7. The average Bonchev–Trinajstić information content (AvgIpc) is 3.13. The van der Waals surface area contributed by atoms with Crippen molar-refractivity contribution >= 4 is 22.5 Å². The van der Waals surface area contributed by atoms with Gasteiger partial charge in [-0.2, -0.15) is 5.10 Å². The van der Waals surface area contributed by atoms with E-state index in [9.17, 15) is 0 Å². The summed E-state index contributed by atoms with van der Waals surface area (Å²) in [6.07, 6.45) is 9.64. The van der Waals surface area contributed by atoms with Crippen molar-refractivity contribution in [3.8, 4) is 11.3 Å². The largest absolute Gasteiger partial charge is 0.383 e. The molecule has 1 aliphatic rings. The molecule has 22 heavy (non-hydrogen) atoms. The molecule has 0 radical (unpaired) electrons. The first-order valence-electron chi connectivity index (χ1n) is 7.23. The Bertz CT molecular complexity index is 1010. The van der Waals surface area contributed by atoms with Gasteiger partial charge in [-0.05, 0) is 24.8 Å². The van der Waals surface area contributed by atoms with Crippen molar-refractivity contribution in [1.82, 2.24) is 29.5 Å². The zero-order valence-electron chi connectivity index (χ0n) is 11.7. The minimum atomic E-state index is 0.457. The Morgan fingerprint density at radius 1 is 1.27 bits per heavy atom. The van der Waals surface area contributed by atoms with Crippen LogP contribution in [0.1, 0.15) is 24.3 Å². The van der Waals surface area contributed by atoms with Gasteiger partial charge < -0.3 is 10.7 Å². The van der Waals surface area contributed by atoms with Crippen LogP contribution in [0.15, 0.2) is 31.0 Å². The summed E-state index contributed by atoms with van der Waals surface area (Å²) in [6.45, 7) is 0. The van der Waals surface area contributed by atoms with E-state index in [1.165, 1.54) is 24.7 Å². The van der Waals surface area contributed by atoms with Gasteiger partial charge in [-0.1, -0.05) is 0 Å². The molecule has 0 amide bonds. The fraction of sp³-hybridized carbons (Fsp3) is 0.200. The van der Waals surface area contributed by atoms with Gasteiger partial charge in [-0.3, -0.25) is 0 Å². The molecule has 0 atom stereocenters. The normalized spacial score (nSPS) is 14.9. The van der Waals surface area contributed by atoms with Crippen LogP contribution in [0.5, 0.6) is 0 Å². The number of hydrogen-bond donors (Lipinski definition) is 2. The minimum absolute atomic E-state index is 0.457. The lowest BCUT2D eigenvalue weighted by Crippen LogP contribution is -1.95. The third-order valence-corrected chi connectivity index (χ3v) is 4.19. The van der Waals surface area contributed by atoms with Gasteiger partial charge in [-0.25, -0.2) is 19.5 Å². The van der Waals surface area contributed by atoms with Crippen LogP contribution in [-0.4, -0.2) is 29.5 Å². The van der Waals surface area contributed by atoms with E-state index < -0.39 is 0 Å². The zero-order chi connectivity index (χ0) is 14.7. The highest BCUT2D eigenvalue weighted by Crippen LogP contribution is 2.41. The van der Waals surface area contributed by atoms with Crippen LogP contribution in [0.3, 0.4) is 0 Å². The Morgan fingerprint density at radius 3 is 3.05 bits per heavy atom. The summed E-state index contributed by atoms with van der Waals surface area (Å²) in [7, 11) is 0. The van der Waals surface area contributed by atoms with E-state index in [-0.39, 0.29) is 0 Å². The van der Waals surface area contributed by atoms with Gasteiger partial charge in [0.05, 0.1) is 17.3 Å². The molecule has 0 spiro atoms. The topological polar surface area (TPSA) is 97.8 Å². The van der Waals surface area contributed by atoms with E-state index in [0.717, 1.165) is 27.9 Å². The monoisotopic (exact) mass is 291 g/mol. The highest BCUT2D eigenvalue weighted by molar-refractivity contribution is 5.99. The highest BCUT2D eigenvalue weighted by Gasteiger charge is 2.27. The maximum atomic E-state index is 6.00. The lowest BCUT2D eigenvalue weighted by atomic mass is 10.1. The summed E-state index contributed by atoms with van der Waals surface area (Å²) < 4.78 is 1.83. The number of hydrogen-bond acceptors (Lipinski definition) is 5. The van der Waals surface area contributed by atoms with Crippen molar-refractivity contribution in [2.45, 2.75) is 18.8 Å². The molecule has 1 saturated carbocycles. The van der Waals surface area contributed by atoms with Crippen molar-refractivity contribution in [1.29, 1.82) is 0 Å². The molecule has 0 aliphatic heterocycles. The number of aromatic amines is 1. The van der Waals surface area contributed by atoms with Crippen molar-refractivity contribution in [3.05, 3.63) is 36.5 Å². The highest BCUT2D eigenvalue weighted by atomic mass is 15.2. The second-order valence-corrected chi connectivity index (χ2v) is 5.64. The molecule has 1 fully saturated rings. The third kappa shape index (κ3) is 1.56. The van der Waals surface area contributed by atoms with Crippen LogP contribution < -0.4 is 5.73 Å². The molecule has 4 aromatic heterocycles. The molecule has 0 saturated heterocycles. The van der Waals surface area contributed by atoms with Crippen molar-refractivity contribution in [2.24, 2.45) is 0 Å². The van der Waals surface area contributed by atoms with Crippen LogP contribution in [0.4, 0.5) is 5.82 Å². The number of nitrogen functional groups attached to an aromatic ring is 1. The number of fused-ring (bicyclic) bond motifs is 2. The van der Waals surface area contributed by atoms with E-state index in [1.54, 1.807) is 0 Å². The van der Waals surface area contributed by atoms with Gasteiger partial charge in [0.1, 0.15) is 17.8 Å². The van der Waals surface area contributed by atoms with Crippen LogP contribution in [-0.2, 0) is 0 Å². The van der Waals surface area contributed by atoms with Gasteiger partial charge in [0, 0.05) is 23.5 Å². The SMILES string of the molecule is Nc1ncnc2[nH]cc(-c3ccn4ncc(C5CC5)c4n3)c12. The molecular weight excluding hydrogens is 278 g/mol. The number of aromatic nitrogens is 6. The van der Waals surface area contributed by atoms with Gasteiger partial charge in [0.2, 0.25) is 0 Å². The Morgan fingerprint density at radius 2 is 2.18 bits per heavy atom.